The average Bonchev–Trinajstić information content (AvgIpc) is 3.68. The minimum Gasteiger partial charge on any atom is -0.337 e. The van der Waals surface area contributed by atoms with Crippen molar-refractivity contribution in [3.8, 4) is 22.5 Å². The molecule has 2 heterocycles. The maximum absolute atomic E-state index is 11.6. The third kappa shape index (κ3) is 8.80. The van der Waals surface area contributed by atoms with E-state index in [1.165, 1.54) is 33.8 Å². The van der Waals surface area contributed by atoms with E-state index in [-0.39, 0.29) is 28.6 Å². The van der Waals surface area contributed by atoms with Crippen molar-refractivity contribution >= 4 is 44.5 Å². The summed E-state index contributed by atoms with van der Waals surface area (Å²) < 4.78 is 0. The second kappa shape index (κ2) is 15.2. The van der Waals surface area contributed by atoms with Gasteiger partial charge in [-0.3, -0.25) is 9.59 Å². The average molecular weight is 652 g/mol. The largest absolute Gasteiger partial charge is 0.337 e. The minimum atomic E-state index is 0. The molecular weight excluding hydrogens is 624 g/mol. The van der Waals surface area contributed by atoms with Crippen molar-refractivity contribution in [2.45, 2.75) is 13.8 Å². The Hall–Kier alpha value is -4.40. The first-order valence-corrected chi connectivity index (χ1v) is 15.0. The van der Waals surface area contributed by atoms with Gasteiger partial charge >= 0.3 is 0 Å². The van der Waals surface area contributed by atoms with Crippen molar-refractivity contribution in [3.63, 3.8) is 0 Å². The van der Waals surface area contributed by atoms with Gasteiger partial charge in [0.25, 0.3) is 0 Å². The first-order valence-electron chi connectivity index (χ1n) is 13.2. The van der Waals surface area contributed by atoms with Crippen LogP contribution < -0.4 is 10.6 Å². The number of anilines is 2. The van der Waals surface area contributed by atoms with Gasteiger partial charge in [-0.05, 0) is 38.2 Å². The van der Waals surface area contributed by atoms with Gasteiger partial charge in [0.2, 0.25) is 0 Å². The molecule has 43 heavy (non-hydrogen) atoms. The van der Waals surface area contributed by atoms with Crippen molar-refractivity contribution in [2.24, 2.45) is 0 Å². The van der Waals surface area contributed by atoms with Crippen molar-refractivity contribution in [2.75, 3.05) is 10.6 Å². The molecule has 4 aromatic rings. The second-order valence-corrected chi connectivity index (χ2v) is 11.2. The fraction of sp³-hybridized carbons (Fsp3) is 0.0588. The molecule has 0 unspecified atom stereocenters. The molecule has 9 heteroatoms. The Morgan fingerprint density at radius 3 is 1.33 bits per heavy atom. The molecule has 0 amide bonds. The molecule has 0 atom stereocenters. The molecule has 6 rings (SSSR count). The van der Waals surface area contributed by atoms with Gasteiger partial charge in [0, 0.05) is 62.5 Å². The zero-order chi connectivity index (χ0) is 29.3. The Kier molecular flexibility index (Phi) is 11.1. The number of aryl methyl sites for hydroxylation is 2. The van der Waals surface area contributed by atoms with Crippen LogP contribution in [0.2, 0.25) is 0 Å². The normalized spacial score (nSPS) is 15.3. The molecule has 1 radical (unpaired) electrons. The number of allylic oxidation sites excluding steroid dienone is 10. The van der Waals surface area contributed by atoms with E-state index >= 15 is 0 Å². The third-order valence-electron chi connectivity index (χ3n) is 6.24. The molecule has 6 nitrogen and oxygen atoms in total. The van der Waals surface area contributed by atoms with Gasteiger partial charge < -0.3 is 10.6 Å². The maximum Gasteiger partial charge on any atom is 0.187 e. The molecule has 2 aromatic heterocycles. The Morgan fingerprint density at radius 1 is 0.581 bits per heavy atom. The number of thiazole rings is 2. The molecule has 0 saturated heterocycles. The van der Waals surface area contributed by atoms with E-state index in [0.717, 1.165) is 32.8 Å². The van der Waals surface area contributed by atoms with Gasteiger partial charge in [-0.25, -0.2) is 9.97 Å². The summed E-state index contributed by atoms with van der Waals surface area (Å²) in [6.45, 7) is 4.13. The molecule has 2 aliphatic rings. The second-order valence-electron chi connectivity index (χ2n) is 9.46. The number of rotatable bonds is 6. The predicted octanol–water partition coefficient (Wildman–Crippen LogP) is 8.22. The first-order chi connectivity index (χ1) is 20.4. The molecular formula is C34H28CuN4O2S2. The summed E-state index contributed by atoms with van der Waals surface area (Å²) in [5.41, 5.74) is 7.77. The van der Waals surface area contributed by atoms with Gasteiger partial charge in [-0.15, -0.1) is 22.7 Å². The van der Waals surface area contributed by atoms with Crippen LogP contribution in [0.5, 0.6) is 0 Å². The topological polar surface area (TPSA) is 84.0 Å². The van der Waals surface area contributed by atoms with E-state index < -0.39 is 0 Å². The van der Waals surface area contributed by atoms with Gasteiger partial charge in [0.15, 0.2) is 21.8 Å². The van der Waals surface area contributed by atoms with Crippen molar-refractivity contribution in [1.29, 1.82) is 0 Å². The summed E-state index contributed by atoms with van der Waals surface area (Å²) in [5, 5.41) is 11.7. The van der Waals surface area contributed by atoms with Gasteiger partial charge in [0.05, 0.1) is 11.4 Å². The van der Waals surface area contributed by atoms with Gasteiger partial charge in [0.1, 0.15) is 0 Å². The van der Waals surface area contributed by atoms with Crippen LogP contribution in [-0.4, -0.2) is 21.5 Å². The number of aromatic nitrogens is 2. The monoisotopic (exact) mass is 651 g/mol. The van der Waals surface area contributed by atoms with Crippen molar-refractivity contribution in [1.82, 2.24) is 9.97 Å². The Labute approximate surface area is 269 Å². The van der Waals surface area contributed by atoms with Crippen LogP contribution >= 0.6 is 22.7 Å². The molecule has 2 aliphatic carbocycles. The number of nitrogens with one attached hydrogen (secondary N) is 2. The van der Waals surface area contributed by atoms with Gasteiger partial charge in [-0.2, -0.15) is 0 Å². The number of carbonyl (C=O) groups excluding carboxylic acids is 2. The molecule has 0 spiro atoms. The molecule has 0 saturated carbocycles. The summed E-state index contributed by atoms with van der Waals surface area (Å²) in [7, 11) is 0. The summed E-state index contributed by atoms with van der Waals surface area (Å²) >= 11 is 3.04. The van der Waals surface area contributed by atoms with Crippen LogP contribution in [0, 0.1) is 13.8 Å². The summed E-state index contributed by atoms with van der Waals surface area (Å²) in [5.74, 6) is 0.000582. The number of hydrogen-bond donors (Lipinski definition) is 2. The summed E-state index contributed by atoms with van der Waals surface area (Å²) in [4.78, 5) is 32.3. The van der Waals surface area contributed by atoms with E-state index in [1.807, 2.05) is 22.9 Å². The zero-order valence-electron chi connectivity index (χ0n) is 23.4. The van der Waals surface area contributed by atoms with Crippen LogP contribution in [0.15, 0.2) is 131 Å². The Morgan fingerprint density at radius 2 is 0.953 bits per heavy atom. The Bertz CT molecular complexity index is 1640. The van der Waals surface area contributed by atoms with Crippen molar-refractivity contribution in [3.05, 3.63) is 143 Å². The van der Waals surface area contributed by atoms with Crippen LogP contribution in [0.25, 0.3) is 22.5 Å². The van der Waals surface area contributed by atoms with E-state index in [2.05, 4.69) is 83.0 Å². The number of benzene rings is 2. The number of hydrogen-bond acceptors (Lipinski definition) is 8. The van der Waals surface area contributed by atoms with E-state index in [1.54, 1.807) is 48.9 Å². The summed E-state index contributed by atoms with van der Waals surface area (Å²) in [6.07, 6.45) is 17.2. The SMILES string of the molecule is Cc1ccc(-c2csc(NC=C3C=CC=CC3=O)n2)cc1.Cc1ccc(-c2csc(NC=C3C=CC=CC3=O)n2)cc1.[Cu]. The minimum absolute atomic E-state index is 0. The van der Waals surface area contributed by atoms with Crippen molar-refractivity contribution < 1.29 is 26.7 Å². The number of carbonyl (C=O) groups is 2. The standard InChI is InChI=1S/2C17H14N2OS.Cu/c2*1-12-6-8-13(9-7-12)15-11-21-17(19-15)18-10-14-4-2-3-5-16(14)20;/h2*2-11H,1H3,(H,18,19);. The molecule has 0 bridgehead atoms. The molecule has 0 fully saturated rings. The fourth-order valence-electron chi connectivity index (χ4n) is 3.87. The fourth-order valence-corrected chi connectivity index (χ4v) is 5.25. The van der Waals surface area contributed by atoms with Crippen LogP contribution in [-0.2, 0) is 26.7 Å². The zero-order valence-corrected chi connectivity index (χ0v) is 26.0. The molecule has 219 valence electrons. The summed E-state index contributed by atoms with van der Waals surface area (Å²) in [6, 6.07) is 16.5. The van der Waals surface area contributed by atoms with E-state index in [4.69, 9.17) is 0 Å². The predicted molar refractivity (Wildman–Crippen MR) is 175 cm³/mol. The number of ketones is 2. The first kappa shape index (κ1) is 31.5. The number of nitrogens with zero attached hydrogens (tertiary/aromatic N) is 2. The molecule has 2 N–H and O–H groups in total. The smallest absolute Gasteiger partial charge is 0.187 e. The Balaban J connectivity index is 0.000000192. The van der Waals surface area contributed by atoms with Crippen LogP contribution in [0.3, 0.4) is 0 Å². The quantitative estimate of drug-likeness (QED) is 0.161. The van der Waals surface area contributed by atoms with E-state index in [0.29, 0.717) is 11.1 Å². The van der Waals surface area contributed by atoms with Crippen LogP contribution in [0.1, 0.15) is 11.1 Å². The van der Waals surface area contributed by atoms with Crippen LogP contribution in [0.4, 0.5) is 10.3 Å². The molecule has 2 aromatic carbocycles. The van der Waals surface area contributed by atoms with E-state index in [9.17, 15) is 9.59 Å². The maximum atomic E-state index is 11.6. The third-order valence-corrected chi connectivity index (χ3v) is 7.79. The van der Waals surface area contributed by atoms with Gasteiger partial charge in [-0.1, -0.05) is 84.0 Å². The molecule has 0 aliphatic heterocycles.